The maximum atomic E-state index is 10.1. The molecule has 0 aromatic rings. The number of rotatable bonds is 12. The second-order valence-electron chi connectivity index (χ2n) is 7.44. The first-order valence-electron chi connectivity index (χ1n) is 10.7. The molecule has 0 rings (SSSR count). The number of primary amides is 1. The average Bonchev–Trinajstić information content (AvgIpc) is 2.85. The highest BCUT2D eigenvalue weighted by molar-refractivity contribution is 5.77. The Kier molecular flexibility index (Phi) is 32.1. The summed E-state index contributed by atoms with van der Waals surface area (Å²) in [5, 5.41) is 64.1. The SMILES string of the molecule is CC(C)[C@H](N)C(=O)O.NC(=O)CC[C@H](N)C(=O)O.N[C@@H](CO)C(=O)O.N[C@@H](CO)C(=O)O.N[C@@H](CO)C(=O)O. The number of hydrogen-bond donors (Lipinski definition) is 14. The molecule has 0 saturated heterocycles. The van der Waals surface area contributed by atoms with Crippen molar-refractivity contribution in [2.75, 3.05) is 19.8 Å². The molecule has 0 fully saturated rings. The van der Waals surface area contributed by atoms with Gasteiger partial charge in [-0.25, -0.2) is 0 Å². The fourth-order valence-electron chi connectivity index (χ4n) is 0.941. The van der Waals surface area contributed by atoms with Gasteiger partial charge in [-0.3, -0.25) is 28.8 Å². The van der Waals surface area contributed by atoms with Gasteiger partial charge in [-0.1, -0.05) is 13.8 Å². The van der Waals surface area contributed by atoms with E-state index in [1.54, 1.807) is 13.8 Å². The third-order valence-corrected chi connectivity index (χ3v) is 3.56. The van der Waals surface area contributed by atoms with Crippen LogP contribution < -0.4 is 34.4 Å². The lowest BCUT2D eigenvalue weighted by Gasteiger charge is -2.07. The van der Waals surface area contributed by atoms with Crippen LogP contribution in [0.1, 0.15) is 26.7 Å². The molecule has 0 radical (unpaired) electrons. The van der Waals surface area contributed by atoms with Crippen LogP contribution in [0.4, 0.5) is 0 Å². The summed E-state index contributed by atoms with van der Waals surface area (Å²) in [4.78, 5) is 59.1. The van der Waals surface area contributed by atoms with E-state index in [0.29, 0.717) is 0 Å². The van der Waals surface area contributed by atoms with Crippen LogP contribution in [0, 0.1) is 5.92 Å². The summed E-state index contributed by atoms with van der Waals surface area (Å²) in [5.74, 6) is -6.09. The average molecular weight is 579 g/mol. The molecule has 5 atom stereocenters. The van der Waals surface area contributed by atoms with Crippen molar-refractivity contribution < 1.29 is 69.6 Å². The number of aliphatic hydroxyl groups is 3. The molecule has 0 aliphatic heterocycles. The topological polar surface area (TPSA) is 420 Å². The summed E-state index contributed by atoms with van der Waals surface area (Å²) >= 11 is 0. The van der Waals surface area contributed by atoms with Gasteiger partial charge in [0.1, 0.15) is 30.2 Å². The summed E-state index contributed by atoms with van der Waals surface area (Å²) in [5.41, 5.74) is 29.3. The van der Waals surface area contributed by atoms with Crippen LogP contribution in [-0.2, 0) is 28.8 Å². The van der Waals surface area contributed by atoms with Gasteiger partial charge in [-0.15, -0.1) is 0 Å². The van der Waals surface area contributed by atoms with Crippen molar-refractivity contribution in [3.63, 3.8) is 0 Å². The van der Waals surface area contributed by atoms with Crippen molar-refractivity contribution in [1.29, 1.82) is 0 Å². The number of hydrogen-bond acceptors (Lipinski definition) is 14. The van der Waals surface area contributed by atoms with Gasteiger partial charge in [0.15, 0.2) is 0 Å². The predicted molar refractivity (Wildman–Crippen MR) is 133 cm³/mol. The predicted octanol–water partition coefficient (Wildman–Crippen LogP) is -6.11. The highest BCUT2D eigenvalue weighted by atomic mass is 16.4. The maximum absolute atomic E-state index is 10.1. The summed E-state index contributed by atoms with van der Waals surface area (Å²) < 4.78 is 0. The van der Waals surface area contributed by atoms with E-state index in [1.165, 1.54) is 0 Å². The number of nitrogens with two attached hydrogens (primary N) is 6. The van der Waals surface area contributed by atoms with E-state index in [9.17, 15) is 28.8 Å². The molecule has 1 amide bonds. The molecule has 0 unspecified atom stereocenters. The molecule has 232 valence electrons. The minimum Gasteiger partial charge on any atom is -0.480 e. The van der Waals surface area contributed by atoms with Gasteiger partial charge in [0, 0.05) is 6.42 Å². The van der Waals surface area contributed by atoms with Gasteiger partial charge in [0.25, 0.3) is 0 Å². The summed E-state index contributed by atoms with van der Waals surface area (Å²) in [6.07, 6.45) is 0.123. The van der Waals surface area contributed by atoms with E-state index in [-0.39, 0.29) is 18.8 Å². The van der Waals surface area contributed by atoms with Crippen molar-refractivity contribution in [1.82, 2.24) is 0 Å². The smallest absolute Gasteiger partial charge is 0.322 e. The molecule has 20 heteroatoms. The Morgan fingerprint density at radius 3 is 0.872 bits per heavy atom. The van der Waals surface area contributed by atoms with Crippen LogP contribution >= 0.6 is 0 Å². The second kappa shape index (κ2) is 27.5. The zero-order valence-corrected chi connectivity index (χ0v) is 21.5. The van der Waals surface area contributed by atoms with E-state index in [1.807, 2.05) is 0 Å². The molecule has 0 aromatic heterocycles. The van der Waals surface area contributed by atoms with Crippen molar-refractivity contribution in [2.45, 2.75) is 56.9 Å². The van der Waals surface area contributed by atoms with Gasteiger partial charge in [-0.05, 0) is 12.3 Å². The number of carboxylic acids is 5. The van der Waals surface area contributed by atoms with Crippen molar-refractivity contribution in [3.8, 4) is 0 Å². The molecule has 0 saturated carbocycles. The highest BCUT2D eigenvalue weighted by Gasteiger charge is 2.14. The second-order valence-corrected chi connectivity index (χ2v) is 7.44. The summed E-state index contributed by atoms with van der Waals surface area (Å²) in [7, 11) is 0. The molecule has 20 N–H and O–H groups in total. The van der Waals surface area contributed by atoms with Crippen molar-refractivity contribution in [3.05, 3.63) is 0 Å². The Labute approximate surface area is 223 Å². The molecule has 0 aliphatic carbocycles. The lowest BCUT2D eigenvalue weighted by Crippen LogP contribution is -2.34. The van der Waals surface area contributed by atoms with Gasteiger partial charge in [-0.2, -0.15) is 0 Å². The van der Waals surface area contributed by atoms with Crippen LogP contribution in [0.25, 0.3) is 0 Å². The minimum absolute atomic E-state index is 0.0208. The fourth-order valence-corrected chi connectivity index (χ4v) is 0.941. The number of aliphatic hydroxyl groups excluding tert-OH is 3. The maximum Gasteiger partial charge on any atom is 0.322 e. The largest absolute Gasteiger partial charge is 0.480 e. The monoisotopic (exact) mass is 578 g/mol. The van der Waals surface area contributed by atoms with Crippen molar-refractivity contribution >= 4 is 35.8 Å². The zero-order chi connectivity index (χ0) is 32.5. The zero-order valence-electron chi connectivity index (χ0n) is 21.5. The van der Waals surface area contributed by atoms with E-state index in [0.717, 1.165) is 0 Å². The Balaban J connectivity index is -0.000000125. The Bertz CT molecular complexity index is 677. The van der Waals surface area contributed by atoms with Gasteiger partial charge in [0.05, 0.1) is 19.8 Å². The molecular formula is C19H42N6O14. The van der Waals surface area contributed by atoms with Gasteiger partial charge in [0.2, 0.25) is 5.91 Å². The van der Waals surface area contributed by atoms with E-state index < -0.39 is 85.8 Å². The molecular weight excluding hydrogens is 536 g/mol. The first kappa shape index (κ1) is 45.4. The summed E-state index contributed by atoms with van der Waals surface area (Å²) in [6.45, 7) is 2.04. The number of aliphatic carboxylic acids is 5. The van der Waals surface area contributed by atoms with Crippen LogP contribution in [0.2, 0.25) is 0 Å². The lowest BCUT2D eigenvalue weighted by atomic mass is 10.1. The first-order valence-corrected chi connectivity index (χ1v) is 10.7. The Morgan fingerprint density at radius 1 is 0.538 bits per heavy atom. The minimum atomic E-state index is -1.18. The first-order chi connectivity index (χ1) is 17.6. The third kappa shape index (κ3) is 36.7. The normalized spacial score (nSPS) is 13.3. The Hall–Kier alpha value is -3.50. The van der Waals surface area contributed by atoms with Gasteiger partial charge >= 0.3 is 29.8 Å². The van der Waals surface area contributed by atoms with Crippen molar-refractivity contribution in [2.24, 2.45) is 40.3 Å². The Morgan fingerprint density at radius 2 is 0.795 bits per heavy atom. The molecule has 0 spiro atoms. The number of amides is 1. The van der Waals surface area contributed by atoms with Gasteiger partial charge < -0.3 is 75.3 Å². The van der Waals surface area contributed by atoms with Crippen LogP contribution in [0.5, 0.6) is 0 Å². The number of carbonyl (C=O) groups is 6. The standard InChI is InChI=1S/C5H10N2O3.C5H11NO2.3C3H7NO3/c6-3(5(9)10)1-2-4(7)8;1-3(2)4(6)5(7)8;3*4-2(1-5)3(6)7/h3H,1-2,6H2,(H2,7,8)(H,9,10);3-4H,6H2,1-2H3,(H,7,8);3*2,5H,1,4H2,(H,6,7)/t3-;4-;3*2-/m00000/s1. The third-order valence-electron chi connectivity index (χ3n) is 3.56. The molecule has 0 aliphatic rings. The van der Waals surface area contributed by atoms with Crippen LogP contribution in [-0.4, -0.2) is 127 Å². The van der Waals surface area contributed by atoms with Crippen LogP contribution in [0.3, 0.4) is 0 Å². The molecule has 0 bridgehead atoms. The van der Waals surface area contributed by atoms with E-state index in [2.05, 4.69) is 0 Å². The molecule has 0 aromatic carbocycles. The lowest BCUT2D eigenvalue weighted by molar-refractivity contribution is -0.140. The quantitative estimate of drug-likeness (QED) is 0.102. The number of carbonyl (C=O) groups excluding carboxylic acids is 1. The van der Waals surface area contributed by atoms with E-state index >= 15 is 0 Å². The molecule has 20 nitrogen and oxygen atoms in total. The van der Waals surface area contributed by atoms with E-state index in [4.69, 9.17) is 75.3 Å². The molecule has 39 heavy (non-hydrogen) atoms. The number of carboxylic acid groups (broad SMARTS) is 5. The highest BCUT2D eigenvalue weighted by Crippen LogP contribution is 1.96. The summed E-state index contributed by atoms with van der Waals surface area (Å²) in [6, 6.07) is -5.07. The molecule has 0 heterocycles. The fraction of sp³-hybridized carbons (Fsp3) is 0.684. The van der Waals surface area contributed by atoms with Crippen LogP contribution in [0.15, 0.2) is 0 Å².